The number of ether oxygens (including phenoxy) is 1. The first-order chi connectivity index (χ1) is 8.08. The first-order valence-corrected chi connectivity index (χ1v) is 7.32. The summed E-state index contributed by atoms with van der Waals surface area (Å²) in [4.78, 5) is 0. The van der Waals surface area contributed by atoms with Gasteiger partial charge in [-0.3, -0.25) is 0 Å². The number of nitrogens with one attached hydrogen (secondary N) is 1. The van der Waals surface area contributed by atoms with Crippen molar-refractivity contribution >= 4 is 11.3 Å². The zero-order valence-electron chi connectivity index (χ0n) is 11.3. The van der Waals surface area contributed by atoms with Crippen molar-refractivity contribution < 1.29 is 4.74 Å². The molecule has 0 saturated carbocycles. The second-order valence-corrected chi connectivity index (χ2v) is 6.33. The molecule has 1 rings (SSSR count). The molecule has 0 fully saturated rings. The minimum Gasteiger partial charge on any atom is -0.380 e. The molecule has 0 unspecified atom stereocenters. The molecular formula is C14H25NOS. The summed E-state index contributed by atoms with van der Waals surface area (Å²) in [6.45, 7) is 10.4. The average molecular weight is 255 g/mol. The molecule has 0 saturated heterocycles. The average Bonchev–Trinajstić information content (AvgIpc) is 2.73. The highest BCUT2D eigenvalue weighted by molar-refractivity contribution is 7.07. The van der Waals surface area contributed by atoms with Gasteiger partial charge < -0.3 is 10.1 Å². The Labute approximate surface area is 109 Å². The predicted molar refractivity (Wildman–Crippen MR) is 75.8 cm³/mol. The van der Waals surface area contributed by atoms with Gasteiger partial charge in [-0.2, -0.15) is 11.3 Å². The van der Waals surface area contributed by atoms with Crippen molar-refractivity contribution in [3.63, 3.8) is 0 Å². The van der Waals surface area contributed by atoms with Crippen LogP contribution in [0.25, 0.3) is 0 Å². The molecule has 1 heterocycles. The smallest absolute Gasteiger partial charge is 0.0590 e. The Bertz CT molecular complexity index is 277. The lowest BCUT2D eigenvalue weighted by Gasteiger charge is -2.17. The second-order valence-electron chi connectivity index (χ2n) is 5.55. The van der Waals surface area contributed by atoms with Crippen LogP contribution in [-0.4, -0.2) is 26.3 Å². The van der Waals surface area contributed by atoms with Crippen LogP contribution in [0.1, 0.15) is 32.8 Å². The van der Waals surface area contributed by atoms with Gasteiger partial charge in [-0.15, -0.1) is 0 Å². The maximum atomic E-state index is 5.59. The third-order valence-electron chi connectivity index (χ3n) is 2.59. The van der Waals surface area contributed by atoms with E-state index >= 15 is 0 Å². The molecule has 0 amide bonds. The Morgan fingerprint density at radius 1 is 1.24 bits per heavy atom. The van der Waals surface area contributed by atoms with E-state index in [1.807, 2.05) is 0 Å². The first-order valence-electron chi connectivity index (χ1n) is 6.37. The fourth-order valence-corrected chi connectivity index (χ4v) is 2.12. The van der Waals surface area contributed by atoms with Crippen molar-refractivity contribution in [1.29, 1.82) is 0 Å². The molecule has 1 N–H and O–H groups in total. The number of hydrogen-bond acceptors (Lipinski definition) is 3. The molecule has 2 nitrogen and oxygen atoms in total. The molecule has 0 aliphatic rings. The summed E-state index contributed by atoms with van der Waals surface area (Å²) >= 11 is 1.76. The largest absolute Gasteiger partial charge is 0.380 e. The van der Waals surface area contributed by atoms with Crippen LogP contribution < -0.4 is 5.32 Å². The Morgan fingerprint density at radius 3 is 2.71 bits per heavy atom. The summed E-state index contributed by atoms with van der Waals surface area (Å²) in [6.07, 6.45) is 2.24. The topological polar surface area (TPSA) is 21.3 Å². The quantitative estimate of drug-likeness (QED) is 0.719. The van der Waals surface area contributed by atoms with Crippen LogP contribution >= 0.6 is 11.3 Å². The summed E-state index contributed by atoms with van der Waals surface area (Å²) in [5.41, 5.74) is 1.81. The van der Waals surface area contributed by atoms with Gasteiger partial charge in [0.1, 0.15) is 0 Å². The summed E-state index contributed by atoms with van der Waals surface area (Å²) in [5.74, 6) is 0. The van der Waals surface area contributed by atoms with Crippen molar-refractivity contribution in [2.45, 2.75) is 33.6 Å². The van der Waals surface area contributed by atoms with Gasteiger partial charge in [0, 0.05) is 13.2 Å². The third-order valence-corrected chi connectivity index (χ3v) is 3.32. The van der Waals surface area contributed by atoms with E-state index in [4.69, 9.17) is 4.74 Å². The SMILES string of the molecule is CC(C)(C)CCOCCNCCc1ccsc1. The fraction of sp³-hybridized carbons (Fsp3) is 0.714. The van der Waals surface area contributed by atoms with Crippen LogP contribution in [0.2, 0.25) is 0 Å². The summed E-state index contributed by atoms with van der Waals surface area (Å²) in [7, 11) is 0. The van der Waals surface area contributed by atoms with E-state index in [2.05, 4.69) is 42.9 Å². The Hall–Kier alpha value is -0.380. The Balaban J connectivity index is 1.85. The lowest BCUT2D eigenvalue weighted by molar-refractivity contribution is 0.110. The van der Waals surface area contributed by atoms with Crippen molar-refractivity contribution in [3.8, 4) is 0 Å². The molecule has 17 heavy (non-hydrogen) atoms. The van der Waals surface area contributed by atoms with Crippen molar-refractivity contribution in [2.24, 2.45) is 5.41 Å². The van der Waals surface area contributed by atoms with Crippen molar-refractivity contribution in [2.75, 3.05) is 26.3 Å². The van der Waals surface area contributed by atoms with Gasteiger partial charge in [0.25, 0.3) is 0 Å². The highest BCUT2D eigenvalue weighted by atomic mass is 32.1. The molecule has 0 aliphatic carbocycles. The molecule has 1 aromatic rings. The van der Waals surface area contributed by atoms with Crippen LogP contribution in [0.4, 0.5) is 0 Å². The summed E-state index contributed by atoms with van der Waals surface area (Å²) < 4.78 is 5.59. The zero-order chi connectivity index (χ0) is 12.6. The van der Waals surface area contributed by atoms with E-state index in [0.717, 1.165) is 39.1 Å². The van der Waals surface area contributed by atoms with Crippen LogP contribution in [0, 0.1) is 5.41 Å². The van der Waals surface area contributed by atoms with E-state index in [-0.39, 0.29) is 0 Å². The zero-order valence-corrected chi connectivity index (χ0v) is 12.1. The molecule has 98 valence electrons. The second kappa shape index (κ2) is 7.85. The Morgan fingerprint density at radius 2 is 2.06 bits per heavy atom. The van der Waals surface area contributed by atoms with Gasteiger partial charge in [-0.05, 0) is 47.2 Å². The molecule has 3 heteroatoms. The van der Waals surface area contributed by atoms with Crippen molar-refractivity contribution in [3.05, 3.63) is 22.4 Å². The number of thiophene rings is 1. The van der Waals surface area contributed by atoms with Gasteiger partial charge >= 0.3 is 0 Å². The third kappa shape index (κ3) is 8.36. The van der Waals surface area contributed by atoms with Crippen LogP contribution in [-0.2, 0) is 11.2 Å². The molecule has 0 spiro atoms. The van der Waals surface area contributed by atoms with Crippen LogP contribution in [0.3, 0.4) is 0 Å². The van der Waals surface area contributed by atoms with Gasteiger partial charge in [0.05, 0.1) is 6.61 Å². The lowest BCUT2D eigenvalue weighted by atomic mass is 9.93. The van der Waals surface area contributed by atoms with E-state index in [1.54, 1.807) is 11.3 Å². The molecular weight excluding hydrogens is 230 g/mol. The van der Waals surface area contributed by atoms with E-state index in [0.29, 0.717) is 5.41 Å². The van der Waals surface area contributed by atoms with Crippen molar-refractivity contribution in [1.82, 2.24) is 5.32 Å². The number of hydrogen-bond donors (Lipinski definition) is 1. The monoisotopic (exact) mass is 255 g/mol. The van der Waals surface area contributed by atoms with Crippen LogP contribution in [0.5, 0.6) is 0 Å². The van der Waals surface area contributed by atoms with E-state index < -0.39 is 0 Å². The van der Waals surface area contributed by atoms with Crippen LogP contribution in [0.15, 0.2) is 16.8 Å². The van der Waals surface area contributed by atoms with E-state index in [1.165, 1.54) is 5.56 Å². The molecule has 0 radical (unpaired) electrons. The normalized spacial score (nSPS) is 11.9. The summed E-state index contributed by atoms with van der Waals surface area (Å²) in [5, 5.41) is 7.74. The van der Waals surface area contributed by atoms with E-state index in [9.17, 15) is 0 Å². The lowest BCUT2D eigenvalue weighted by Crippen LogP contribution is -2.22. The first kappa shape index (κ1) is 14.7. The Kier molecular flexibility index (Phi) is 6.78. The molecule has 0 bridgehead atoms. The molecule has 1 aromatic heterocycles. The summed E-state index contributed by atoms with van der Waals surface area (Å²) in [6, 6.07) is 2.19. The fourth-order valence-electron chi connectivity index (χ4n) is 1.42. The maximum Gasteiger partial charge on any atom is 0.0590 e. The predicted octanol–water partition coefficient (Wildman–Crippen LogP) is 3.33. The van der Waals surface area contributed by atoms with Gasteiger partial charge in [0.15, 0.2) is 0 Å². The van der Waals surface area contributed by atoms with Gasteiger partial charge in [-0.1, -0.05) is 20.8 Å². The molecule has 0 aromatic carbocycles. The van der Waals surface area contributed by atoms with Gasteiger partial charge in [0.2, 0.25) is 0 Å². The molecule has 0 atom stereocenters. The highest BCUT2D eigenvalue weighted by Crippen LogP contribution is 2.17. The van der Waals surface area contributed by atoms with Gasteiger partial charge in [-0.25, -0.2) is 0 Å². The standard InChI is InChI=1S/C14H25NOS/c1-14(2,3)6-9-16-10-8-15-7-4-13-5-11-17-12-13/h5,11-12,15H,4,6-10H2,1-3H3. The molecule has 0 aliphatic heterocycles. The minimum atomic E-state index is 0.381. The maximum absolute atomic E-state index is 5.59. The highest BCUT2D eigenvalue weighted by Gasteiger charge is 2.08. The number of rotatable bonds is 8. The minimum absolute atomic E-state index is 0.381.